The Morgan fingerprint density at radius 3 is 2.48 bits per heavy atom. The van der Waals surface area contributed by atoms with Gasteiger partial charge in [-0.15, -0.1) is 0 Å². The van der Waals surface area contributed by atoms with E-state index in [9.17, 15) is 9.59 Å². The summed E-state index contributed by atoms with van der Waals surface area (Å²) >= 11 is 0. The summed E-state index contributed by atoms with van der Waals surface area (Å²) < 4.78 is 2.04. The van der Waals surface area contributed by atoms with Crippen molar-refractivity contribution in [3.05, 3.63) is 60.4 Å². The van der Waals surface area contributed by atoms with Crippen molar-refractivity contribution >= 4 is 28.5 Å². The average Bonchev–Trinajstić information content (AvgIpc) is 3.27. The van der Waals surface area contributed by atoms with Crippen molar-refractivity contribution in [3.63, 3.8) is 0 Å². The maximum absolute atomic E-state index is 13.1. The lowest BCUT2D eigenvalue weighted by Gasteiger charge is -2.24. The van der Waals surface area contributed by atoms with Gasteiger partial charge in [0.05, 0.1) is 23.0 Å². The number of hydrogen-bond acceptors (Lipinski definition) is 3. The molecule has 2 atom stereocenters. The summed E-state index contributed by atoms with van der Waals surface area (Å²) in [5.74, 6) is 0.525. The number of imidazole rings is 1. The van der Waals surface area contributed by atoms with Crippen molar-refractivity contribution in [2.75, 3.05) is 11.4 Å². The molecule has 150 valence electrons. The summed E-state index contributed by atoms with van der Waals surface area (Å²) in [6.07, 6.45) is 0.230. The van der Waals surface area contributed by atoms with Gasteiger partial charge in [0.1, 0.15) is 5.82 Å². The molecule has 29 heavy (non-hydrogen) atoms. The van der Waals surface area contributed by atoms with Gasteiger partial charge in [-0.25, -0.2) is 4.98 Å². The first-order valence-corrected chi connectivity index (χ1v) is 10.0. The number of para-hydroxylation sites is 3. The maximum Gasteiger partial charge on any atom is 0.227 e. The number of benzene rings is 2. The zero-order valence-electron chi connectivity index (χ0n) is 17.0. The first-order chi connectivity index (χ1) is 14.0. The molecule has 1 unspecified atom stereocenters. The number of carbonyl (C=O) groups is 2. The van der Waals surface area contributed by atoms with E-state index in [2.05, 4.69) is 19.2 Å². The van der Waals surface area contributed by atoms with Crippen LogP contribution in [0.2, 0.25) is 0 Å². The lowest BCUT2D eigenvalue weighted by molar-refractivity contribution is -0.127. The molecule has 6 heteroatoms. The fourth-order valence-electron chi connectivity index (χ4n) is 3.98. The number of aromatic nitrogens is 2. The molecular formula is C23H26N4O2. The van der Waals surface area contributed by atoms with Crippen LogP contribution in [0.4, 0.5) is 5.69 Å². The van der Waals surface area contributed by atoms with Crippen LogP contribution in [-0.4, -0.2) is 27.9 Å². The summed E-state index contributed by atoms with van der Waals surface area (Å²) in [5.41, 5.74) is 2.79. The van der Waals surface area contributed by atoms with E-state index < -0.39 is 0 Å². The van der Waals surface area contributed by atoms with Crippen LogP contribution in [0.25, 0.3) is 11.0 Å². The van der Waals surface area contributed by atoms with Gasteiger partial charge in [0.2, 0.25) is 11.8 Å². The lowest BCUT2D eigenvalue weighted by atomic mass is 10.0. The standard InChI is InChI=1S/C23H26N4O2/c1-15(2)21(22-24-18-11-7-8-12-19(18)26(22)3)25-23(29)16-13-20(28)27(14-16)17-9-5-4-6-10-17/h4-12,15-16,21H,13-14H2,1-3H3,(H,25,29)/t16?,21-/m0/s1. The first-order valence-electron chi connectivity index (χ1n) is 10.0. The minimum atomic E-state index is -0.362. The van der Waals surface area contributed by atoms with E-state index in [-0.39, 0.29) is 36.1 Å². The molecule has 2 aromatic carbocycles. The second-order valence-corrected chi connectivity index (χ2v) is 7.99. The summed E-state index contributed by atoms with van der Waals surface area (Å²) in [5, 5.41) is 3.17. The third-order valence-corrected chi connectivity index (χ3v) is 5.63. The van der Waals surface area contributed by atoms with Crippen LogP contribution in [0.1, 0.15) is 32.1 Å². The molecule has 6 nitrogen and oxygen atoms in total. The van der Waals surface area contributed by atoms with Crippen LogP contribution < -0.4 is 10.2 Å². The fourth-order valence-corrected chi connectivity index (χ4v) is 3.98. The Morgan fingerprint density at radius 1 is 1.10 bits per heavy atom. The fraction of sp³-hybridized carbons (Fsp3) is 0.348. The molecule has 0 saturated carbocycles. The molecule has 0 aliphatic carbocycles. The van der Waals surface area contributed by atoms with Crippen LogP contribution in [0.5, 0.6) is 0 Å². The first kappa shape index (κ1) is 19.2. The molecule has 3 aromatic rings. The van der Waals surface area contributed by atoms with Gasteiger partial charge in [0.25, 0.3) is 0 Å². The highest BCUT2D eigenvalue weighted by Gasteiger charge is 2.36. The number of carbonyl (C=O) groups excluding carboxylic acids is 2. The number of fused-ring (bicyclic) bond motifs is 1. The molecule has 1 aromatic heterocycles. The van der Waals surface area contributed by atoms with Crippen LogP contribution in [0.15, 0.2) is 54.6 Å². The minimum absolute atomic E-state index is 0.0137. The highest BCUT2D eigenvalue weighted by Crippen LogP contribution is 2.28. The Bertz CT molecular complexity index is 1040. The summed E-state index contributed by atoms with van der Waals surface area (Å²) in [6.45, 7) is 4.54. The van der Waals surface area contributed by atoms with Crippen molar-refractivity contribution in [1.82, 2.24) is 14.9 Å². The molecule has 2 heterocycles. The quantitative estimate of drug-likeness (QED) is 0.726. The Hall–Kier alpha value is -3.15. The van der Waals surface area contributed by atoms with Gasteiger partial charge < -0.3 is 14.8 Å². The van der Waals surface area contributed by atoms with Gasteiger partial charge >= 0.3 is 0 Å². The number of aryl methyl sites for hydroxylation is 1. The third-order valence-electron chi connectivity index (χ3n) is 5.63. The molecule has 1 fully saturated rings. The van der Waals surface area contributed by atoms with Crippen LogP contribution >= 0.6 is 0 Å². The normalized spacial score (nSPS) is 17.9. The zero-order valence-corrected chi connectivity index (χ0v) is 17.0. The highest BCUT2D eigenvalue weighted by atomic mass is 16.2. The lowest BCUT2D eigenvalue weighted by Crippen LogP contribution is -2.38. The highest BCUT2D eigenvalue weighted by molar-refractivity contribution is 6.00. The Kier molecular flexibility index (Phi) is 5.09. The van der Waals surface area contributed by atoms with Gasteiger partial charge in [-0.3, -0.25) is 9.59 Å². The second kappa shape index (κ2) is 7.70. The molecule has 1 aliphatic rings. The van der Waals surface area contributed by atoms with E-state index in [4.69, 9.17) is 4.98 Å². The minimum Gasteiger partial charge on any atom is -0.346 e. The molecule has 0 spiro atoms. The van der Waals surface area contributed by atoms with Crippen molar-refractivity contribution in [3.8, 4) is 0 Å². The molecule has 1 saturated heterocycles. The molecule has 0 bridgehead atoms. The molecule has 2 amide bonds. The average molecular weight is 390 g/mol. The number of anilines is 1. The van der Waals surface area contributed by atoms with Crippen molar-refractivity contribution < 1.29 is 9.59 Å². The second-order valence-electron chi connectivity index (χ2n) is 7.99. The topological polar surface area (TPSA) is 67.2 Å². The van der Waals surface area contributed by atoms with Crippen molar-refractivity contribution in [1.29, 1.82) is 0 Å². The summed E-state index contributed by atoms with van der Waals surface area (Å²) in [4.78, 5) is 32.0. The Labute approximate surface area is 170 Å². The van der Waals surface area contributed by atoms with Gasteiger partial charge in [-0.2, -0.15) is 0 Å². The Balaban J connectivity index is 1.54. The summed E-state index contributed by atoms with van der Waals surface area (Å²) in [7, 11) is 1.97. The largest absolute Gasteiger partial charge is 0.346 e. The zero-order chi connectivity index (χ0) is 20.5. The molecular weight excluding hydrogens is 364 g/mol. The number of nitrogens with zero attached hydrogens (tertiary/aromatic N) is 3. The predicted molar refractivity (Wildman–Crippen MR) is 113 cm³/mol. The van der Waals surface area contributed by atoms with Gasteiger partial charge in [0, 0.05) is 25.7 Å². The summed E-state index contributed by atoms with van der Waals surface area (Å²) in [6, 6.07) is 17.2. The number of hydrogen-bond donors (Lipinski definition) is 1. The maximum atomic E-state index is 13.1. The molecule has 1 N–H and O–H groups in total. The van der Waals surface area contributed by atoms with Crippen LogP contribution in [0.3, 0.4) is 0 Å². The third kappa shape index (κ3) is 3.62. The van der Waals surface area contributed by atoms with Crippen molar-refractivity contribution in [2.24, 2.45) is 18.9 Å². The van der Waals surface area contributed by atoms with E-state index in [1.165, 1.54) is 0 Å². The van der Waals surface area contributed by atoms with Gasteiger partial charge in [0.15, 0.2) is 0 Å². The van der Waals surface area contributed by atoms with Crippen LogP contribution in [0, 0.1) is 11.8 Å². The number of amides is 2. The van der Waals surface area contributed by atoms with Crippen molar-refractivity contribution in [2.45, 2.75) is 26.3 Å². The molecule has 0 radical (unpaired) electrons. The van der Waals surface area contributed by atoms with E-state index in [0.717, 1.165) is 22.5 Å². The van der Waals surface area contributed by atoms with E-state index in [1.54, 1.807) is 4.90 Å². The van der Waals surface area contributed by atoms with Crippen LogP contribution in [-0.2, 0) is 16.6 Å². The molecule has 4 rings (SSSR count). The van der Waals surface area contributed by atoms with Gasteiger partial charge in [-0.05, 0) is 30.2 Å². The SMILES string of the molecule is CC(C)[C@H](NC(=O)C1CC(=O)N(c2ccccc2)C1)c1nc2ccccc2n1C. The van der Waals surface area contributed by atoms with E-state index >= 15 is 0 Å². The molecule has 1 aliphatic heterocycles. The van der Waals surface area contributed by atoms with E-state index in [1.807, 2.05) is 66.2 Å². The monoisotopic (exact) mass is 390 g/mol. The van der Waals surface area contributed by atoms with E-state index in [0.29, 0.717) is 6.54 Å². The number of nitrogens with one attached hydrogen (secondary N) is 1. The smallest absolute Gasteiger partial charge is 0.227 e. The van der Waals surface area contributed by atoms with Gasteiger partial charge in [-0.1, -0.05) is 44.2 Å². The Morgan fingerprint density at radius 2 is 1.79 bits per heavy atom. The number of rotatable bonds is 5. The predicted octanol–water partition coefficient (Wildman–Crippen LogP) is 3.44.